The van der Waals surface area contributed by atoms with E-state index < -0.39 is 10.0 Å². The lowest BCUT2D eigenvalue weighted by Gasteiger charge is -2.18. The molecule has 5 nitrogen and oxygen atoms in total. The first-order valence-corrected chi connectivity index (χ1v) is 7.01. The Morgan fingerprint density at radius 3 is 2.56 bits per heavy atom. The molecular formula is C12H17N3O2S. The predicted octanol–water partition coefficient (Wildman–Crippen LogP) is 0.787. The van der Waals surface area contributed by atoms with Crippen molar-refractivity contribution in [3.63, 3.8) is 0 Å². The summed E-state index contributed by atoms with van der Waals surface area (Å²) >= 11 is 0. The molecule has 0 saturated heterocycles. The van der Waals surface area contributed by atoms with Gasteiger partial charge in [-0.25, -0.2) is 13.1 Å². The van der Waals surface area contributed by atoms with E-state index in [0.29, 0.717) is 6.54 Å². The summed E-state index contributed by atoms with van der Waals surface area (Å²) in [4.78, 5) is 1.92. The molecular weight excluding hydrogens is 250 g/mol. The fourth-order valence-corrected chi connectivity index (χ4v) is 3.10. The van der Waals surface area contributed by atoms with Crippen molar-refractivity contribution >= 4 is 10.0 Å². The van der Waals surface area contributed by atoms with Gasteiger partial charge in [-0.2, -0.15) is 5.26 Å². The second-order valence-electron chi connectivity index (χ2n) is 4.39. The molecule has 98 valence electrons. The van der Waals surface area contributed by atoms with Crippen molar-refractivity contribution in [1.29, 1.82) is 5.26 Å². The molecule has 0 aliphatic heterocycles. The van der Waals surface area contributed by atoms with E-state index in [9.17, 15) is 8.42 Å². The van der Waals surface area contributed by atoms with Crippen LogP contribution in [-0.2, 0) is 10.0 Å². The van der Waals surface area contributed by atoms with Crippen LogP contribution in [0.25, 0.3) is 0 Å². The van der Waals surface area contributed by atoms with E-state index in [4.69, 9.17) is 5.26 Å². The second kappa shape index (κ2) is 5.96. The molecule has 0 aromatic heterocycles. The zero-order valence-corrected chi connectivity index (χ0v) is 11.5. The highest BCUT2D eigenvalue weighted by Crippen LogP contribution is 2.14. The second-order valence-corrected chi connectivity index (χ2v) is 6.07. The summed E-state index contributed by atoms with van der Waals surface area (Å²) in [5, 5.41) is 8.91. The van der Waals surface area contributed by atoms with Gasteiger partial charge in [0, 0.05) is 12.6 Å². The first-order valence-electron chi connectivity index (χ1n) is 5.53. The zero-order chi connectivity index (χ0) is 13.8. The third-order valence-corrected chi connectivity index (χ3v) is 3.94. The Morgan fingerprint density at radius 2 is 2.00 bits per heavy atom. The number of nitriles is 1. The average Bonchev–Trinajstić information content (AvgIpc) is 2.27. The molecule has 1 rings (SSSR count). The molecule has 0 heterocycles. The molecule has 1 aromatic carbocycles. The van der Waals surface area contributed by atoms with Crippen LogP contribution in [0.2, 0.25) is 0 Å². The van der Waals surface area contributed by atoms with Crippen molar-refractivity contribution in [3.8, 4) is 6.07 Å². The van der Waals surface area contributed by atoms with Gasteiger partial charge in [-0.05, 0) is 33.2 Å². The van der Waals surface area contributed by atoms with Crippen LogP contribution in [0.4, 0.5) is 0 Å². The highest BCUT2D eigenvalue weighted by atomic mass is 32.2. The summed E-state index contributed by atoms with van der Waals surface area (Å²) in [6, 6.07) is 7.83. The van der Waals surface area contributed by atoms with E-state index >= 15 is 0 Å². The normalized spacial score (nSPS) is 13.3. The van der Waals surface area contributed by atoms with Gasteiger partial charge in [-0.3, -0.25) is 0 Å². The monoisotopic (exact) mass is 267 g/mol. The van der Waals surface area contributed by atoms with Crippen LogP contribution in [0.5, 0.6) is 0 Å². The van der Waals surface area contributed by atoms with Crippen molar-refractivity contribution in [1.82, 2.24) is 9.62 Å². The summed E-state index contributed by atoms with van der Waals surface area (Å²) < 4.78 is 26.8. The number of hydrogen-bond acceptors (Lipinski definition) is 4. The van der Waals surface area contributed by atoms with Gasteiger partial charge in [0.15, 0.2) is 0 Å². The first kappa shape index (κ1) is 14.6. The van der Waals surface area contributed by atoms with Crippen LogP contribution in [-0.4, -0.2) is 40.0 Å². The van der Waals surface area contributed by atoms with Gasteiger partial charge < -0.3 is 4.90 Å². The lowest BCUT2D eigenvalue weighted by molar-refractivity contribution is 0.370. The molecule has 0 amide bonds. The summed E-state index contributed by atoms with van der Waals surface area (Å²) in [6.45, 7) is 2.38. The lowest BCUT2D eigenvalue weighted by atomic mass is 10.2. The number of hydrogen-bond donors (Lipinski definition) is 1. The van der Waals surface area contributed by atoms with Crippen molar-refractivity contribution in [3.05, 3.63) is 29.8 Å². The van der Waals surface area contributed by atoms with Gasteiger partial charge in [0.1, 0.15) is 6.07 Å². The van der Waals surface area contributed by atoms with Crippen LogP contribution in [0.3, 0.4) is 0 Å². The topological polar surface area (TPSA) is 73.2 Å². The van der Waals surface area contributed by atoms with Crippen LogP contribution in [0.1, 0.15) is 12.5 Å². The number of sulfonamides is 1. The summed E-state index contributed by atoms with van der Waals surface area (Å²) in [6.07, 6.45) is 0. The van der Waals surface area contributed by atoms with Crippen molar-refractivity contribution in [2.75, 3.05) is 20.6 Å². The zero-order valence-electron chi connectivity index (χ0n) is 10.7. The van der Waals surface area contributed by atoms with Crippen LogP contribution < -0.4 is 4.72 Å². The SMILES string of the molecule is CC(CN(C)C)NS(=O)(=O)c1ccccc1C#N. The maximum absolute atomic E-state index is 12.1. The number of benzene rings is 1. The fraction of sp³-hybridized carbons (Fsp3) is 0.417. The maximum atomic E-state index is 12.1. The minimum Gasteiger partial charge on any atom is -0.308 e. The molecule has 0 radical (unpaired) electrons. The molecule has 0 fully saturated rings. The third-order valence-electron chi connectivity index (χ3n) is 2.29. The molecule has 1 N–H and O–H groups in total. The van der Waals surface area contributed by atoms with Gasteiger partial charge in [-0.1, -0.05) is 12.1 Å². The van der Waals surface area contributed by atoms with Crippen molar-refractivity contribution in [2.24, 2.45) is 0 Å². The first-order chi connectivity index (χ1) is 8.36. The molecule has 0 aliphatic carbocycles. The summed E-state index contributed by atoms with van der Waals surface area (Å²) in [7, 11) is 0.0911. The Bertz CT molecular complexity index is 547. The lowest BCUT2D eigenvalue weighted by Crippen LogP contribution is -2.39. The highest BCUT2D eigenvalue weighted by molar-refractivity contribution is 7.89. The van der Waals surface area contributed by atoms with Crippen LogP contribution >= 0.6 is 0 Å². The Morgan fingerprint density at radius 1 is 1.39 bits per heavy atom. The van der Waals surface area contributed by atoms with Crippen molar-refractivity contribution in [2.45, 2.75) is 17.9 Å². The van der Waals surface area contributed by atoms with Gasteiger partial charge in [-0.15, -0.1) is 0 Å². The molecule has 1 atom stereocenters. The fourth-order valence-electron chi connectivity index (χ4n) is 1.71. The van der Waals surface area contributed by atoms with Gasteiger partial charge >= 0.3 is 0 Å². The molecule has 0 saturated carbocycles. The molecule has 0 aliphatic rings. The van der Waals surface area contributed by atoms with Crippen LogP contribution in [0, 0.1) is 11.3 Å². The Kier molecular flexibility index (Phi) is 4.84. The average molecular weight is 267 g/mol. The Labute approximate surface area is 108 Å². The van der Waals surface area contributed by atoms with E-state index in [1.54, 1.807) is 19.1 Å². The highest BCUT2D eigenvalue weighted by Gasteiger charge is 2.20. The number of likely N-dealkylation sites (N-methyl/N-ethyl adjacent to an activating group) is 1. The molecule has 0 spiro atoms. The molecule has 6 heteroatoms. The molecule has 18 heavy (non-hydrogen) atoms. The Hall–Kier alpha value is -1.42. The molecule has 1 unspecified atom stereocenters. The standard InChI is InChI=1S/C12H17N3O2S/c1-10(9-15(2)3)14-18(16,17)12-7-5-4-6-11(12)8-13/h4-7,10,14H,9H2,1-3H3. The Balaban J connectivity index is 2.97. The van der Waals surface area contributed by atoms with Crippen molar-refractivity contribution < 1.29 is 8.42 Å². The largest absolute Gasteiger partial charge is 0.308 e. The molecule has 0 bridgehead atoms. The maximum Gasteiger partial charge on any atom is 0.242 e. The minimum absolute atomic E-state index is 0.0260. The molecule has 1 aromatic rings. The van der Waals surface area contributed by atoms with E-state index in [0.717, 1.165) is 0 Å². The number of nitrogens with one attached hydrogen (secondary N) is 1. The number of rotatable bonds is 5. The van der Waals surface area contributed by atoms with E-state index in [-0.39, 0.29) is 16.5 Å². The van der Waals surface area contributed by atoms with Gasteiger partial charge in [0.25, 0.3) is 0 Å². The third kappa shape index (κ3) is 3.81. The van der Waals surface area contributed by atoms with E-state index in [2.05, 4.69) is 4.72 Å². The summed E-state index contributed by atoms with van der Waals surface area (Å²) in [5.41, 5.74) is 0.155. The number of nitrogens with zero attached hydrogens (tertiary/aromatic N) is 2. The van der Waals surface area contributed by atoms with Gasteiger partial charge in [0.2, 0.25) is 10.0 Å². The smallest absolute Gasteiger partial charge is 0.242 e. The van der Waals surface area contributed by atoms with Crippen LogP contribution in [0.15, 0.2) is 29.2 Å². The quantitative estimate of drug-likeness (QED) is 0.856. The van der Waals surface area contributed by atoms with E-state index in [1.165, 1.54) is 12.1 Å². The van der Waals surface area contributed by atoms with Gasteiger partial charge in [0.05, 0.1) is 10.5 Å². The van der Waals surface area contributed by atoms with E-state index in [1.807, 2.05) is 25.1 Å². The summed E-state index contributed by atoms with van der Waals surface area (Å²) in [5.74, 6) is 0. The minimum atomic E-state index is -3.65. The predicted molar refractivity (Wildman–Crippen MR) is 69.5 cm³/mol.